The third-order valence-corrected chi connectivity index (χ3v) is 4.96. The molecule has 20 heavy (non-hydrogen) atoms. The highest BCUT2D eigenvalue weighted by atomic mass is 32.2. The largest absolute Gasteiger partial charge is 0.326 e. The smallest absolute Gasteiger partial charge is 0.240 e. The van der Waals surface area contributed by atoms with E-state index in [0.717, 1.165) is 23.1 Å². The lowest BCUT2D eigenvalue weighted by atomic mass is 9.93. The van der Waals surface area contributed by atoms with Crippen molar-refractivity contribution in [1.29, 1.82) is 0 Å². The van der Waals surface area contributed by atoms with E-state index in [9.17, 15) is 8.42 Å². The fourth-order valence-corrected chi connectivity index (χ4v) is 3.33. The molecule has 0 unspecified atom stereocenters. The highest BCUT2D eigenvalue weighted by Crippen LogP contribution is 2.22. The molecule has 1 aromatic rings. The molecule has 0 aromatic heterocycles. The van der Waals surface area contributed by atoms with Crippen LogP contribution in [0.25, 0.3) is 0 Å². The number of hydrogen-bond acceptors (Lipinski definition) is 3. The molecule has 0 aliphatic carbocycles. The molecular formula is C15H26N2O2S. The van der Waals surface area contributed by atoms with E-state index in [4.69, 9.17) is 5.73 Å². The van der Waals surface area contributed by atoms with E-state index in [-0.39, 0.29) is 5.41 Å². The predicted molar refractivity (Wildman–Crippen MR) is 83.1 cm³/mol. The van der Waals surface area contributed by atoms with Crippen LogP contribution in [0, 0.1) is 19.3 Å². The van der Waals surface area contributed by atoms with Crippen LogP contribution in [0.2, 0.25) is 0 Å². The Morgan fingerprint density at radius 2 is 1.80 bits per heavy atom. The van der Waals surface area contributed by atoms with Crippen molar-refractivity contribution in [3.63, 3.8) is 0 Å². The molecule has 3 N–H and O–H groups in total. The van der Waals surface area contributed by atoms with E-state index >= 15 is 0 Å². The third-order valence-electron chi connectivity index (χ3n) is 3.37. The van der Waals surface area contributed by atoms with Crippen LogP contribution >= 0.6 is 0 Å². The van der Waals surface area contributed by atoms with Gasteiger partial charge in [-0.15, -0.1) is 0 Å². The summed E-state index contributed by atoms with van der Waals surface area (Å²) in [6.07, 6.45) is 0.792. The molecule has 0 heterocycles. The Bertz CT molecular complexity index is 572. The van der Waals surface area contributed by atoms with E-state index in [1.54, 1.807) is 6.07 Å². The van der Waals surface area contributed by atoms with Gasteiger partial charge in [0.25, 0.3) is 0 Å². The number of hydrogen-bond donors (Lipinski definition) is 2. The summed E-state index contributed by atoms with van der Waals surface area (Å²) in [6, 6.07) is 3.60. The van der Waals surface area contributed by atoms with Crippen LogP contribution < -0.4 is 10.5 Å². The minimum Gasteiger partial charge on any atom is -0.326 e. The molecule has 114 valence electrons. The zero-order valence-corrected chi connectivity index (χ0v) is 13.9. The fourth-order valence-electron chi connectivity index (χ4n) is 1.93. The fraction of sp³-hybridized carbons (Fsp3) is 0.600. The van der Waals surface area contributed by atoms with Crippen molar-refractivity contribution in [2.75, 3.05) is 6.54 Å². The van der Waals surface area contributed by atoms with Crippen molar-refractivity contribution in [3.05, 3.63) is 28.8 Å². The van der Waals surface area contributed by atoms with Gasteiger partial charge in [0.2, 0.25) is 10.0 Å². The van der Waals surface area contributed by atoms with Crippen molar-refractivity contribution in [2.24, 2.45) is 11.1 Å². The second-order valence-corrected chi connectivity index (χ2v) is 8.18. The van der Waals surface area contributed by atoms with Crippen molar-refractivity contribution >= 4 is 10.0 Å². The Kier molecular flexibility index (Phi) is 5.35. The molecule has 0 bridgehead atoms. The Morgan fingerprint density at radius 1 is 1.20 bits per heavy atom. The van der Waals surface area contributed by atoms with Gasteiger partial charge < -0.3 is 5.73 Å². The van der Waals surface area contributed by atoms with Crippen LogP contribution in [-0.2, 0) is 16.6 Å². The first-order chi connectivity index (χ1) is 9.07. The number of nitrogens with one attached hydrogen (secondary N) is 1. The quantitative estimate of drug-likeness (QED) is 0.877. The van der Waals surface area contributed by atoms with E-state index in [1.165, 1.54) is 0 Å². The maximum absolute atomic E-state index is 12.4. The molecule has 5 heteroatoms. The number of benzene rings is 1. The van der Waals surface area contributed by atoms with Gasteiger partial charge in [0, 0.05) is 13.1 Å². The van der Waals surface area contributed by atoms with Crippen LogP contribution in [0.1, 0.15) is 43.9 Å². The minimum absolute atomic E-state index is 0.104. The molecule has 1 rings (SSSR count). The predicted octanol–water partition coefficient (Wildman–Crippen LogP) is 2.48. The average molecular weight is 298 g/mol. The first kappa shape index (κ1) is 17.1. The first-order valence-electron chi connectivity index (χ1n) is 6.87. The highest BCUT2D eigenvalue weighted by Gasteiger charge is 2.19. The molecule has 1 aromatic carbocycles. The average Bonchev–Trinajstić information content (AvgIpc) is 2.30. The normalized spacial score (nSPS) is 12.7. The van der Waals surface area contributed by atoms with Gasteiger partial charge in [-0.25, -0.2) is 13.1 Å². The summed E-state index contributed by atoms with van der Waals surface area (Å²) in [6.45, 7) is 10.8. The van der Waals surface area contributed by atoms with Crippen molar-refractivity contribution < 1.29 is 8.42 Å². The van der Waals surface area contributed by atoms with E-state index in [1.807, 2.05) is 19.9 Å². The second kappa shape index (κ2) is 6.24. The number of aryl methyl sites for hydroxylation is 1. The standard InChI is InChI=1S/C15H26N2O2S/c1-11-8-13(10-16)9-14(12(11)2)20(18,19)17-7-6-15(3,4)5/h8-9,17H,6-7,10,16H2,1-5H3. The Hall–Kier alpha value is -0.910. The Balaban J connectivity index is 3.01. The van der Waals surface area contributed by atoms with Crippen LogP contribution in [0.3, 0.4) is 0 Å². The summed E-state index contributed by atoms with van der Waals surface area (Å²) in [5, 5.41) is 0. The minimum atomic E-state index is -3.47. The van der Waals surface area contributed by atoms with E-state index in [2.05, 4.69) is 25.5 Å². The summed E-state index contributed by atoms with van der Waals surface area (Å²) in [7, 11) is -3.47. The van der Waals surface area contributed by atoms with Crippen molar-refractivity contribution in [3.8, 4) is 0 Å². The van der Waals surface area contributed by atoms with Crippen LogP contribution in [-0.4, -0.2) is 15.0 Å². The summed E-state index contributed by atoms with van der Waals surface area (Å²) in [5.41, 5.74) is 8.30. The summed E-state index contributed by atoms with van der Waals surface area (Å²) < 4.78 is 27.5. The zero-order chi connectivity index (χ0) is 15.6. The first-order valence-corrected chi connectivity index (χ1v) is 8.35. The second-order valence-electron chi connectivity index (χ2n) is 6.45. The van der Waals surface area contributed by atoms with Crippen LogP contribution in [0.5, 0.6) is 0 Å². The van der Waals surface area contributed by atoms with Crippen LogP contribution in [0.4, 0.5) is 0 Å². The van der Waals surface area contributed by atoms with Gasteiger partial charge in [-0.1, -0.05) is 26.8 Å². The van der Waals surface area contributed by atoms with Gasteiger partial charge in [0.15, 0.2) is 0 Å². The zero-order valence-electron chi connectivity index (χ0n) is 13.1. The van der Waals surface area contributed by atoms with Crippen molar-refractivity contribution in [2.45, 2.75) is 52.5 Å². The van der Waals surface area contributed by atoms with E-state index < -0.39 is 10.0 Å². The van der Waals surface area contributed by atoms with Gasteiger partial charge in [-0.05, 0) is 48.4 Å². The molecule has 4 nitrogen and oxygen atoms in total. The highest BCUT2D eigenvalue weighted by molar-refractivity contribution is 7.89. The molecule has 0 aliphatic rings. The Morgan fingerprint density at radius 3 is 2.30 bits per heavy atom. The number of nitrogens with two attached hydrogens (primary N) is 1. The molecule has 0 aliphatic heterocycles. The maximum Gasteiger partial charge on any atom is 0.240 e. The summed E-state index contributed by atoms with van der Waals surface area (Å²) in [5.74, 6) is 0. The van der Waals surface area contributed by atoms with E-state index in [0.29, 0.717) is 18.0 Å². The van der Waals surface area contributed by atoms with Crippen LogP contribution in [0.15, 0.2) is 17.0 Å². The number of sulfonamides is 1. The SMILES string of the molecule is Cc1cc(CN)cc(S(=O)(=O)NCCC(C)(C)C)c1C. The molecule has 0 fully saturated rings. The molecular weight excluding hydrogens is 272 g/mol. The maximum atomic E-state index is 12.4. The molecule has 0 radical (unpaired) electrons. The van der Waals surface area contributed by atoms with Gasteiger partial charge in [0.05, 0.1) is 4.90 Å². The topological polar surface area (TPSA) is 72.2 Å². The van der Waals surface area contributed by atoms with Gasteiger partial charge in [-0.3, -0.25) is 0 Å². The lowest BCUT2D eigenvalue weighted by Gasteiger charge is -2.19. The molecule has 0 atom stereocenters. The lowest BCUT2D eigenvalue weighted by Crippen LogP contribution is -2.28. The van der Waals surface area contributed by atoms with Gasteiger partial charge in [0.1, 0.15) is 0 Å². The third kappa shape index (κ3) is 4.58. The molecule has 0 saturated carbocycles. The van der Waals surface area contributed by atoms with Gasteiger partial charge in [-0.2, -0.15) is 0 Å². The summed E-state index contributed by atoms with van der Waals surface area (Å²) in [4.78, 5) is 0.340. The number of rotatable bonds is 5. The summed E-state index contributed by atoms with van der Waals surface area (Å²) >= 11 is 0. The molecule has 0 amide bonds. The molecule has 0 saturated heterocycles. The van der Waals surface area contributed by atoms with Crippen molar-refractivity contribution in [1.82, 2.24) is 4.72 Å². The van der Waals surface area contributed by atoms with Gasteiger partial charge >= 0.3 is 0 Å². The Labute approximate surface area is 122 Å². The lowest BCUT2D eigenvalue weighted by molar-refractivity contribution is 0.378. The molecule has 0 spiro atoms. The monoisotopic (exact) mass is 298 g/mol.